The van der Waals surface area contributed by atoms with Crippen LogP contribution < -0.4 is 5.32 Å². The molecule has 0 aliphatic carbocycles. The number of esters is 1. The Bertz CT molecular complexity index is 656. The Morgan fingerprint density at radius 1 is 1.38 bits per heavy atom. The molecule has 2 aromatic heterocycles. The van der Waals surface area contributed by atoms with E-state index in [1.54, 1.807) is 26.1 Å². The van der Waals surface area contributed by atoms with Crippen LogP contribution in [0.25, 0.3) is 0 Å². The zero-order valence-corrected chi connectivity index (χ0v) is 12.4. The summed E-state index contributed by atoms with van der Waals surface area (Å²) in [7, 11) is 0. The van der Waals surface area contributed by atoms with Gasteiger partial charge in [-0.15, -0.1) is 11.3 Å². The van der Waals surface area contributed by atoms with Gasteiger partial charge in [0.2, 0.25) is 5.01 Å². The van der Waals surface area contributed by atoms with E-state index < -0.39 is 5.97 Å². The molecule has 21 heavy (non-hydrogen) atoms. The second-order valence-corrected chi connectivity index (χ2v) is 4.89. The number of hydrogen-bond donors (Lipinski definition) is 1. The lowest BCUT2D eigenvalue weighted by atomic mass is 10.3. The fourth-order valence-electron chi connectivity index (χ4n) is 1.53. The molecule has 8 heteroatoms. The molecule has 0 aliphatic heterocycles. The Balaban J connectivity index is 1.96. The smallest absolute Gasteiger partial charge is 0.367 e. The van der Waals surface area contributed by atoms with Crippen LogP contribution in [0.5, 0.6) is 0 Å². The summed E-state index contributed by atoms with van der Waals surface area (Å²) < 4.78 is 4.82. The first-order chi connectivity index (χ1) is 10.1. The highest BCUT2D eigenvalue weighted by molar-refractivity contribution is 7.11. The molecule has 0 spiro atoms. The van der Waals surface area contributed by atoms with Crippen LogP contribution in [0.3, 0.4) is 0 Å². The van der Waals surface area contributed by atoms with Gasteiger partial charge >= 0.3 is 5.97 Å². The number of thiazole rings is 1. The average molecular weight is 306 g/mol. The molecule has 0 aliphatic rings. The number of amides is 1. The number of aromatic nitrogens is 3. The second-order valence-electron chi connectivity index (χ2n) is 4.04. The van der Waals surface area contributed by atoms with Crippen LogP contribution in [0.15, 0.2) is 17.6 Å². The molecule has 0 unspecified atom stereocenters. The van der Waals surface area contributed by atoms with Crippen LogP contribution in [0.2, 0.25) is 0 Å². The maximum absolute atomic E-state index is 11.9. The van der Waals surface area contributed by atoms with Crippen LogP contribution >= 0.6 is 11.3 Å². The highest BCUT2D eigenvalue weighted by Gasteiger charge is 2.16. The molecular formula is C13H14N4O3S. The van der Waals surface area contributed by atoms with E-state index in [4.69, 9.17) is 4.74 Å². The van der Waals surface area contributed by atoms with Gasteiger partial charge in [0.05, 0.1) is 18.8 Å². The van der Waals surface area contributed by atoms with Crippen molar-refractivity contribution >= 4 is 23.2 Å². The molecule has 0 saturated heterocycles. The number of carbonyl (C=O) groups excluding carboxylic acids is 2. The first kappa shape index (κ1) is 15.0. The zero-order valence-electron chi connectivity index (χ0n) is 11.6. The summed E-state index contributed by atoms with van der Waals surface area (Å²) in [5, 5.41) is 4.38. The second kappa shape index (κ2) is 6.89. The molecule has 2 aromatic rings. The molecule has 0 bridgehead atoms. The third kappa shape index (κ3) is 4.06. The first-order valence-corrected chi connectivity index (χ1v) is 7.17. The number of ether oxygens (including phenoxy) is 1. The van der Waals surface area contributed by atoms with E-state index in [1.807, 2.05) is 0 Å². The lowest BCUT2D eigenvalue weighted by Crippen LogP contribution is -2.24. The molecule has 1 N–H and O–H groups in total. The minimum Gasteiger partial charge on any atom is -0.461 e. The molecule has 0 saturated carbocycles. The fourth-order valence-corrected chi connectivity index (χ4v) is 2.22. The highest BCUT2D eigenvalue weighted by atomic mass is 32.1. The molecule has 0 radical (unpaired) electrons. The van der Waals surface area contributed by atoms with Crippen LogP contribution in [0.4, 0.5) is 0 Å². The van der Waals surface area contributed by atoms with Crippen molar-refractivity contribution in [2.24, 2.45) is 0 Å². The van der Waals surface area contributed by atoms with Crippen molar-refractivity contribution in [3.8, 4) is 0 Å². The van der Waals surface area contributed by atoms with E-state index in [9.17, 15) is 9.59 Å². The Morgan fingerprint density at radius 2 is 2.19 bits per heavy atom. The largest absolute Gasteiger partial charge is 0.461 e. The van der Waals surface area contributed by atoms with E-state index >= 15 is 0 Å². The zero-order chi connectivity index (χ0) is 15.2. The van der Waals surface area contributed by atoms with Crippen LogP contribution in [-0.2, 0) is 11.3 Å². The molecule has 2 rings (SSSR count). The van der Waals surface area contributed by atoms with Crippen molar-refractivity contribution in [3.05, 3.63) is 39.9 Å². The van der Waals surface area contributed by atoms with Gasteiger partial charge in [0, 0.05) is 11.6 Å². The fraction of sp³-hybridized carbons (Fsp3) is 0.308. The highest BCUT2D eigenvalue weighted by Crippen LogP contribution is 2.11. The Labute approximate surface area is 125 Å². The monoisotopic (exact) mass is 306 g/mol. The van der Waals surface area contributed by atoms with Gasteiger partial charge in [-0.2, -0.15) is 0 Å². The summed E-state index contributed by atoms with van der Waals surface area (Å²) in [5.41, 5.74) is 0.894. The third-order valence-electron chi connectivity index (χ3n) is 2.45. The minimum atomic E-state index is -0.520. The average Bonchev–Trinajstić information content (AvgIpc) is 2.95. The normalized spacial score (nSPS) is 10.2. The van der Waals surface area contributed by atoms with Gasteiger partial charge in [0.15, 0.2) is 0 Å². The van der Waals surface area contributed by atoms with Crippen LogP contribution in [0.1, 0.15) is 38.7 Å². The lowest BCUT2D eigenvalue weighted by molar-refractivity contribution is 0.0526. The summed E-state index contributed by atoms with van der Waals surface area (Å²) in [4.78, 5) is 35.5. The number of aryl methyl sites for hydroxylation is 1. The Kier molecular flexibility index (Phi) is 4.94. The third-order valence-corrected chi connectivity index (χ3v) is 3.27. The van der Waals surface area contributed by atoms with E-state index in [1.165, 1.54) is 5.38 Å². The molecule has 1 amide bonds. The van der Waals surface area contributed by atoms with Crippen LogP contribution in [0, 0.1) is 6.92 Å². The Hall–Kier alpha value is -2.35. The van der Waals surface area contributed by atoms with Crippen molar-refractivity contribution in [1.29, 1.82) is 0 Å². The first-order valence-electron chi connectivity index (χ1n) is 6.29. The topological polar surface area (TPSA) is 94.1 Å². The van der Waals surface area contributed by atoms with Gasteiger partial charge in [-0.1, -0.05) is 0 Å². The van der Waals surface area contributed by atoms with Gasteiger partial charge in [0.25, 0.3) is 5.91 Å². The maximum atomic E-state index is 11.9. The van der Waals surface area contributed by atoms with Gasteiger partial charge in [-0.05, 0) is 19.9 Å². The van der Waals surface area contributed by atoms with Gasteiger partial charge in [0.1, 0.15) is 11.5 Å². The molecule has 0 aromatic carbocycles. The summed E-state index contributed by atoms with van der Waals surface area (Å²) in [6.07, 6.45) is 1.63. The van der Waals surface area contributed by atoms with Gasteiger partial charge in [-0.3, -0.25) is 4.79 Å². The maximum Gasteiger partial charge on any atom is 0.367 e. The molecule has 0 atom stereocenters. The van der Waals surface area contributed by atoms with Crippen molar-refractivity contribution in [1.82, 2.24) is 20.3 Å². The van der Waals surface area contributed by atoms with Crippen LogP contribution in [-0.4, -0.2) is 33.4 Å². The standard InChI is InChI=1S/C13H14N4O3S/c1-3-20-13(19)12-17-10(7-21-12)11(18)15-6-9-4-5-14-8(2)16-9/h4-5,7H,3,6H2,1-2H3,(H,15,18). The van der Waals surface area contributed by atoms with E-state index in [-0.39, 0.29) is 29.8 Å². The van der Waals surface area contributed by atoms with Crippen molar-refractivity contribution in [2.45, 2.75) is 20.4 Å². The van der Waals surface area contributed by atoms with Gasteiger partial charge < -0.3 is 10.1 Å². The van der Waals surface area contributed by atoms with Crippen molar-refractivity contribution < 1.29 is 14.3 Å². The number of nitrogens with zero attached hydrogens (tertiary/aromatic N) is 3. The quantitative estimate of drug-likeness (QED) is 0.838. The van der Waals surface area contributed by atoms with Crippen molar-refractivity contribution in [3.63, 3.8) is 0 Å². The summed E-state index contributed by atoms with van der Waals surface area (Å²) >= 11 is 1.08. The SMILES string of the molecule is CCOC(=O)c1nc(C(=O)NCc2ccnc(C)n2)cs1. The minimum absolute atomic E-state index is 0.167. The summed E-state index contributed by atoms with van der Waals surface area (Å²) in [6.45, 7) is 4.03. The number of rotatable bonds is 5. The summed E-state index contributed by atoms with van der Waals surface area (Å²) in [6, 6.07) is 1.72. The molecule has 0 fully saturated rings. The molecule has 2 heterocycles. The van der Waals surface area contributed by atoms with E-state index in [2.05, 4.69) is 20.3 Å². The van der Waals surface area contributed by atoms with Crippen molar-refractivity contribution in [2.75, 3.05) is 6.61 Å². The summed E-state index contributed by atoms with van der Waals surface area (Å²) in [5.74, 6) is -0.244. The molecule has 110 valence electrons. The number of hydrogen-bond acceptors (Lipinski definition) is 7. The number of carbonyl (C=O) groups is 2. The number of nitrogens with one attached hydrogen (secondary N) is 1. The molecular weight excluding hydrogens is 292 g/mol. The predicted octanol–water partition coefficient (Wildman–Crippen LogP) is 1.35. The van der Waals surface area contributed by atoms with Gasteiger partial charge in [-0.25, -0.2) is 19.7 Å². The van der Waals surface area contributed by atoms with E-state index in [0.29, 0.717) is 11.5 Å². The predicted molar refractivity (Wildman–Crippen MR) is 76.0 cm³/mol. The Morgan fingerprint density at radius 3 is 2.90 bits per heavy atom. The molecule has 7 nitrogen and oxygen atoms in total. The lowest BCUT2D eigenvalue weighted by Gasteiger charge is -2.03. The van der Waals surface area contributed by atoms with E-state index in [0.717, 1.165) is 11.3 Å².